The first kappa shape index (κ1) is 20.9. The van der Waals surface area contributed by atoms with E-state index in [1.807, 2.05) is 73.0 Å². The van der Waals surface area contributed by atoms with E-state index in [1.54, 1.807) is 7.11 Å². The highest BCUT2D eigenvalue weighted by Gasteiger charge is 2.14. The van der Waals surface area contributed by atoms with Gasteiger partial charge in [-0.15, -0.1) is 0 Å². The van der Waals surface area contributed by atoms with Crippen LogP contribution < -0.4 is 10.1 Å². The van der Waals surface area contributed by atoms with E-state index in [-0.39, 0.29) is 5.91 Å². The number of nitrogens with zero attached hydrogens (tertiary/aromatic N) is 3. The number of hydrogen-bond donors (Lipinski definition) is 1. The first-order valence-corrected chi connectivity index (χ1v) is 10.4. The minimum atomic E-state index is -0.0496. The standard InChI is InChI=1S/C24H23ClN4O2/c1-15-21(12-13-24(30)27-19-8-10-20(31-3)11-9-19)16(2)29-23(26-15)14-22(28-29)17-4-6-18(25)7-5-17/h4-11,14H,12-13H2,1-3H3,(H,27,30). The monoisotopic (exact) mass is 434 g/mol. The molecule has 0 radical (unpaired) electrons. The van der Waals surface area contributed by atoms with Gasteiger partial charge in [-0.2, -0.15) is 5.10 Å². The largest absolute Gasteiger partial charge is 0.497 e. The number of rotatable bonds is 6. The highest BCUT2D eigenvalue weighted by molar-refractivity contribution is 6.30. The zero-order valence-corrected chi connectivity index (χ0v) is 18.4. The number of aryl methyl sites for hydroxylation is 2. The third kappa shape index (κ3) is 4.54. The van der Waals surface area contributed by atoms with Crippen LogP contribution in [0.2, 0.25) is 5.02 Å². The van der Waals surface area contributed by atoms with Crippen molar-refractivity contribution in [3.8, 4) is 17.0 Å². The number of amides is 1. The zero-order valence-electron chi connectivity index (χ0n) is 17.6. The quantitative estimate of drug-likeness (QED) is 0.450. The second-order valence-corrected chi connectivity index (χ2v) is 7.78. The topological polar surface area (TPSA) is 68.5 Å². The second kappa shape index (κ2) is 8.78. The van der Waals surface area contributed by atoms with Crippen molar-refractivity contribution in [2.24, 2.45) is 0 Å². The van der Waals surface area contributed by atoms with E-state index in [1.165, 1.54) is 0 Å². The third-order valence-corrected chi connectivity index (χ3v) is 5.53. The highest BCUT2D eigenvalue weighted by Crippen LogP contribution is 2.24. The van der Waals surface area contributed by atoms with E-state index in [4.69, 9.17) is 26.4 Å². The Balaban J connectivity index is 1.51. The van der Waals surface area contributed by atoms with Gasteiger partial charge >= 0.3 is 0 Å². The van der Waals surface area contributed by atoms with Gasteiger partial charge in [-0.1, -0.05) is 23.7 Å². The minimum Gasteiger partial charge on any atom is -0.497 e. The van der Waals surface area contributed by atoms with Crippen LogP contribution in [-0.2, 0) is 11.2 Å². The smallest absolute Gasteiger partial charge is 0.224 e. The molecule has 31 heavy (non-hydrogen) atoms. The number of benzene rings is 2. The predicted octanol–water partition coefficient (Wildman–Crippen LogP) is 5.25. The van der Waals surface area contributed by atoms with Crippen molar-refractivity contribution >= 4 is 28.8 Å². The Kier molecular flexibility index (Phi) is 5.91. The fourth-order valence-electron chi connectivity index (χ4n) is 3.59. The maximum atomic E-state index is 12.4. The molecule has 2 heterocycles. The number of methoxy groups -OCH3 is 1. The minimum absolute atomic E-state index is 0.0496. The summed E-state index contributed by atoms with van der Waals surface area (Å²) in [5.74, 6) is 0.701. The molecular weight excluding hydrogens is 412 g/mol. The number of carbonyl (C=O) groups excluding carboxylic acids is 1. The van der Waals surface area contributed by atoms with Crippen molar-refractivity contribution < 1.29 is 9.53 Å². The summed E-state index contributed by atoms with van der Waals surface area (Å²) in [5, 5.41) is 8.33. The summed E-state index contributed by atoms with van der Waals surface area (Å²) in [6.07, 6.45) is 0.935. The first-order valence-electron chi connectivity index (χ1n) is 10.0. The van der Waals surface area contributed by atoms with Crippen LogP contribution in [-0.4, -0.2) is 27.6 Å². The molecule has 2 aromatic carbocycles. The molecule has 1 amide bonds. The van der Waals surface area contributed by atoms with Gasteiger partial charge in [0.05, 0.1) is 12.8 Å². The van der Waals surface area contributed by atoms with Gasteiger partial charge in [0.2, 0.25) is 5.91 Å². The van der Waals surface area contributed by atoms with E-state index < -0.39 is 0 Å². The fraction of sp³-hybridized carbons (Fsp3) is 0.208. The predicted molar refractivity (Wildman–Crippen MR) is 123 cm³/mol. The Hall–Kier alpha value is -3.38. The van der Waals surface area contributed by atoms with Crippen LogP contribution in [0, 0.1) is 13.8 Å². The molecule has 0 aliphatic carbocycles. The fourth-order valence-corrected chi connectivity index (χ4v) is 3.71. The van der Waals surface area contributed by atoms with Crippen molar-refractivity contribution in [1.29, 1.82) is 0 Å². The molecule has 0 bridgehead atoms. The van der Waals surface area contributed by atoms with E-state index in [0.717, 1.165) is 45.3 Å². The maximum absolute atomic E-state index is 12.4. The van der Waals surface area contributed by atoms with Gasteiger partial charge in [0.1, 0.15) is 5.75 Å². The summed E-state index contributed by atoms with van der Waals surface area (Å²) in [6.45, 7) is 3.98. The lowest BCUT2D eigenvalue weighted by Gasteiger charge is -2.11. The Bertz CT molecular complexity index is 1230. The molecule has 0 unspecified atom stereocenters. The van der Waals surface area contributed by atoms with Gasteiger partial charge in [0.25, 0.3) is 0 Å². The van der Waals surface area contributed by atoms with Gasteiger partial charge in [-0.3, -0.25) is 4.79 Å². The molecule has 0 aliphatic rings. The van der Waals surface area contributed by atoms with Crippen LogP contribution >= 0.6 is 11.6 Å². The summed E-state index contributed by atoms with van der Waals surface area (Å²) in [6, 6.07) is 16.8. The maximum Gasteiger partial charge on any atom is 0.224 e. The number of aromatic nitrogens is 3. The molecule has 6 nitrogen and oxygen atoms in total. The molecule has 2 aromatic heterocycles. The van der Waals surface area contributed by atoms with Crippen LogP contribution in [0.25, 0.3) is 16.9 Å². The summed E-state index contributed by atoms with van der Waals surface area (Å²) >= 11 is 5.99. The Morgan fingerprint density at radius 1 is 1.10 bits per heavy atom. The SMILES string of the molecule is COc1ccc(NC(=O)CCc2c(C)nc3cc(-c4ccc(Cl)cc4)nn3c2C)cc1. The number of halogens is 1. The molecule has 0 spiro atoms. The molecule has 0 saturated carbocycles. The van der Waals surface area contributed by atoms with Crippen LogP contribution in [0.5, 0.6) is 5.75 Å². The molecule has 0 fully saturated rings. The average Bonchev–Trinajstić information content (AvgIpc) is 3.19. The Labute approximate surface area is 185 Å². The summed E-state index contributed by atoms with van der Waals surface area (Å²) in [5.41, 5.74) is 6.26. The molecule has 0 saturated heterocycles. The normalized spacial score (nSPS) is 11.0. The highest BCUT2D eigenvalue weighted by atomic mass is 35.5. The van der Waals surface area contributed by atoms with Crippen molar-refractivity contribution in [1.82, 2.24) is 14.6 Å². The van der Waals surface area contributed by atoms with E-state index >= 15 is 0 Å². The van der Waals surface area contributed by atoms with Crippen LogP contribution in [0.3, 0.4) is 0 Å². The van der Waals surface area contributed by atoms with E-state index in [2.05, 4.69) is 5.32 Å². The van der Waals surface area contributed by atoms with Gasteiger partial charge in [-0.05, 0) is 62.2 Å². The Morgan fingerprint density at radius 2 is 1.81 bits per heavy atom. The summed E-state index contributed by atoms with van der Waals surface area (Å²) in [7, 11) is 1.61. The number of nitrogens with one attached hydrogen (secondary N) is 1. The second-order valence-electron chi connectivity index (χ2n) is 7.34. The van der Waals surface area contributed by atoms with Crippen LogP contribution in [0.15, 0.2) is 54.6 Å². The molecule has 4 rings (SSSR count). The first-order chi connectivity index (χ1) is 14.9. The molecular formula is C24H23ClN4O2. The van der Waals surface area contributed by atoms with E-state index in [9.17, 15) is 4.79 Å². The number of hydrogen-bond acceptors (Lipinski definition) is 4. The molecule has 4 aromatic rings. The molecule has 0 atom stereocenters. The zero-order chi connectivity index (χ0) is 22.0. The van der Waals surface area contributed by atoms with Gasteiger partial charge in [0, 0.05) is 40.1 Å². The lowest BCUT2D eigenvalue weighted by atomic mass is 10.1. The molecule has 7 heteroatoms. The third-order valence-electron chi connectivity index (χ3n) is 5.28. The number of carbonyl (C=O) groups is 1. The molecule has 0 aliphatic heterocycles. The van der Waals surface area contributed by atoms with Crippen molar-refractivity contribution in [3.63, 3.8) is 0 Å². The lowest BCUT2D eigenvalue weighted by Crippen LogP contribution is -2.14. The summed E-state index contributed by atoms with van der Waals surface area (Å²) < 4.78 is 6.98. The lowest BCUT2D eigenvalue weighted by molar-refractivity contribution is -0.116. The van der Waals surface area contributed by atoms with Crippen molar-refractivity contribution in [2.45, 2.75) is 26.7 Å². The van der Waals surface area contributed by atoms with Crippen molar-refractivity contribution in [3.05, 3.63) is 76.6 Å². The molecule has 1 N–H and O–H groups in total. The average molecular weight is 435 g/mol. The number of ether oxygens (including phenoxy) is 1. The number of fused-ring (bicyclic) bond motifs is 1. The van der Waals surface area contributed by atoms with Crippen molar-refractivity contribution in [2.75, 3.05) is 12.4 Å². The van der Waals surface area contributed by atoms with Crippen LogP contribution in [0.4, 0.5) is 5.69 Å². The van der Waals surface area contributed by atoms with E-state index in [0.29, 0.717) is 17.9 Å². The Morgan fingerprint density at radius 3 is 2.48 bits per heavy atom. The van der Waals surface area contributed by atoms with Gasteiger partial charge in [-0.25, -0.2) is 9.50 Å². The van der Waals surface area contributed by atoms with Gasteiger partial charge in [0.15, 0.2) is 5.65 Å². The molecule has 158 valence electrons. The van der Waals surface area contributed by atoms with Gasteiger partial charge < -0.3 is 10.1 Å². The number of anilines is 1. The summed E-state index contributed by atoms with van der Waals surface area (Å²) in [4.78, 5) is 17.2. The van der Waals surface area contributed by atoms with Crippen LogP contribution in [0.1, 0.15) is 23.4 Å².